The summed E-state index contributed by atoms with van der Waals surface area (Å²) in [7, 11) is 0. The average molecular weight is 206 g/mol. The van der Waals surface area contributed by atoms with Crippen LogP contribution in [0.5, 0.6) is 0 Å². The highest BCUT2D eigenvalue weighted by atomic mass is 19.3. The molecule has 0 aromatic carbocycles. The number of pyridine rings is 1. The summed E-state index contributed by atoms with van der Waals surface area (Å²) in [6.45, 7) is 0. The lowest BCUT2D eigenvalue weighted by Gasteiger charge is -2.04. The number of alkyl halides is 2. The summed E-state index contributed by atoms with van der Waals surface area (Å²) < 4.78 is 37.3. The van der Waals surface area contributed by atoms with Crippen molar-refractivity contribution in [3.05, 3.63) is 33.5 Å². The van der Waals surface area contributed by atoms with Crippen molar-refractivity contribution < 1.29 is 18.0 Å². The largest absolute Gasteiger partial charge is 0.365 e. The Morgan fingerprint density at radius 3 is 2.50 bits per heavy atom. The van der Waals surface area contributed by atoms with E-state index in [1.54, 1.807) is 4.98 Å². The van der Waals surface area contributed by atoms with Crippen LogP contribution >= 0.6 is 0 Å². The molecule has 3 N–H and O–H groups in total. The number of aromatic nitrogens is 1. The minimum atomic E-state index is -3.13. The summed E-state index contributed by atoms with van der Waals surface area (Å²) in [5.41, 5.74) is 1.63. The highest BCUT2D eigenvalue weighted by Gasteiger charge is 2.21. The lowest BCUT2D eigenvalue weighted by Crippen LogP contribution is -2.21. The zero-order valence-corrected chi connectivity index (χ0v) is 6.68. The van der Waals surface area contributed by atoms with Crippen molar-refractivity contribution in [1.82, 2.24) is 4.98 Å². The lowest BCUT2D eigenvalue weighted by atomic mass is 10.1. The second-order valence-corrected chi connectivity index (χ2v) is 2.44. The molecule has 0 aliphatic carbocycles. The van der Waals surface area contributed by atoms with Gasteiger partial charge in [-0.3, -0.25) is 14.6 Å². The minimum absolute atomic E-state index is 0.438. The van der Waals surface area contributed by atoms with Crippen molar-refractivity contribution in [3.63, 3.8) is 0 Å². The third-order valence-corrected chi connectivity index (χ3v) is 1.51. The van der Waals surface area contributed by atoms with Crippen molar-refractivity contribution in [3.8, 4) is 0 Å². The van der Waals surface area contributed by atoms with Crippen LogP contribution < -0.4 is 11.3 Å². The number of aromatic amines is 1. The topological polar surface area (TPSA) is 76.0 Å². The Balaban J connectivity index is 3.52. The lowest BCUT2D eigenvalue weighted by molar-refractivity contribution is 0.0979. The van der Waals surface area contributed by atoms with E-state index in [4.69, 9.17) is 0 Å². The molecular weight excluding hydrogens is 201 g/mol. The second-order valence-electron chi connectivity index (χ2n) is 2.44. The summed E-state index contributed by atoms with van der Waals surface area (Å²) in [4.78, 5) is 22.8. The van der Waals surface area contributed by atoms with Gasteiger partial charge < -0.3 is 5.73 Å². The van der Waals surface area contributed by atoms with Crippen LogP contribution in [0.15, 0.2) is 10.9 Å². The fourth-order valence-corrected chi connectivity index (χ4v) is 0.969. The van der Waals surface area contributed by atoms with Crippen molar-refractivity contribution in [2.45, 2.75) is 6.43 Å². The quantitative estimate of drug-likeness (QED) is 0.693. The molecule has 0 saturated carbocycles. The van der Waals surface area contributed by atoms with E-state index >= 15 is 0 Å². The summed E-state index contributed by atoms with van der Waals surface area (Å²) >= 11 is 0. The van der Waals surface area contributed by atoms with Gasteiger partial charge in [-0.05, 0) is 0 Å². The Hall–Kier alpha value is -1.79. The number of H-pyrrole nitrogens is 1. The van der Waals surface area contributed by atoms with E-state index < -0.39 is 35.0 Å². The van der Waals surface area contributed by atoms with Crippen molar-refractivity contribution in [1.29, 1.82) is 0 Å². The molecule has 0 saturated heterocycles. The molecule has 76 valence electrons. The molecule has 0 atom stereocenters. The Morgan fingerprint density at radius 1 is 1.50 bits per heavy atom. The minimum Gasteiger partial charge on any atom is -0.365 e. The third kappa shape index (κ3) is 1.76. The van der Waals surface area contributed by atoms with Crippen molar-refractivity contribution in [2.24, 2.45) is 5.73 Å². The van der Waals surface area contributed by atoms with Gasteiger partial charge in [0.25, 0.3) is 17.9 Å². The molecule has 0 radical (unpaired) electrons. The van der Waals surface area contributed by atoms with Gasteiger partial charge in [0.1, 0.15) is 5.56 Å². The van der Waals surface area contributed by atoms with Crippen LogP contribution in [0, 0.1) is 5.95 Å². The van der Waals surface area contributed by atoms with E-state index in [1.807, 2.05) is 0 Å². The van der Waals surface area contributed by atoms with Crippen LogP contribution in [0.2, 0.25) is 0 Å². The van der Waals surface area contributed by atoms with Crippen LogP contribution in [0.4, 0.5) is 13.2 Å². The van der Waals surface area contributed by atoms with Gasteiger partial charge in [0.2, 0.25) is 5.95 Å². The van der Waals surface area contributed by atoms with Crippen LogP contribution in [-0.4, -0.2) is 10.9 Å². The molecule has 14 heavy (non-hydrogen) atoms. The molecule has 1 aromatic heterocycles. The smallest absolute Gasteiger partial charge is 0.264 e. The van der Waals surface area contributed by atoms with Gasteiger partial charge in [-0.1, -0.05) is 0 Å². The van der Waals surface area contributed by atoms with Gasteiger partial charge in [0.15, 0.2) is 0 Å². The maximum Gasteiger partial charge on any atom is 0.264 e. The van der Waals surface area contributed by atoms with E-state index in [-0.39, 0.29) is 0 Å². The van der Waals surface area contributed by atoms with E-state index in [2.05, 4.69) is 5.73 Å². The maximum atomic E-state index is 12.8. The molecule has 0 aliphatic heterocycles. The molecule has 0 unspecified atom stereocenters. The second kappa shape index (κ2) is 3.52. The van der Waals surface area contributed by atoms with Gasteiger partial charge in [0.05, 0.1) is 0 Å². The van der Waals surface area contributed by atoms with E-state index in [9.17, 15) is 22.8 Å². The van der Waals surface area contributed by atoms with Gasteiger partial charge >= 0.3 is 0 Å². The Kier molecular flexibility index (Phi) is 2.59. The maximum absolute atomic E-state index is 12.8. The Morgan fingerprint density at radius 2 is 2.07 bits per heavy atom. The number of halogens is 3. The summed E-state index contributed by atoms with van der Waals surface area (Å²) in [6.07, 6.45) is -3.13. The summed E-state index contributed by atoms with van der Waals surface area (Å²) in [5, 5.41) is 0. The molecule has 1 rings (SSSR count). The van der Waals surface area contributed by atoms with Gasteiger partial charge in [-0.15, -0.1) is 0 Å². The molecular formula is C7H5F3N2O2. The zero-order valence-electron chi connectivity index (χ0n) is 6.68. The van der Waals surface area contributed by atoms with Crippen LogP contribution in [-0.2, 0) is 0 Å². The van der Waals surface area contributed by atoms with Crippen LogP contribution in [0.25, 0.3) is 0 Å². The number of carbonyl (C=O) groups is 1. The van der Waals surface area contributed by atoms with Gasteiger partial charge in [-0.25, -0.2) is 8.78 Å². The van der Waals surface area contributed by atoms with E-state index in [0.717, 1.165) is 0 Å². The predicted octanol–water partition coefficient (Wildman–Crippen LogP) is 0.550. The highest BCUT2D eigenvalue weighted by Crippen LogP contribution is 2.21. The fourth-order valence-electron chi connectivity index (χ4n) is 0.969. The molecule has 0 spiro atoms. The van der Waals surface area contributed by atoms with Gasteiger partial charge in [-0.2, -0.15) is 4.39 Å². The number of hydrogen-bond acceptors (Lipinski definition) is 2. The molecule has 1 heterocycles. The van der Waals surface area contributed by atoms with E-state index in [1.165, 1.54) is 0 Å². The molecule has 0 fully saturated rings. The molecule has 7 heteroatoms. The van der Waals surface area contributed by atoms with Crippen molar-refractivity contribution >= 4 is 5.91 Å². The predicted molar refractivity (Wildman–Crippen MR) is 40.5 cm³/mol. The highest BCUT2D eigenvalue weighted by molar-refractivity contribution is 5.94. The zero-order chi connectivity index (χ0) is 10.9. The Labute approximate surface area is 75.5 Å². The number of primary amides is 1. The number of hydrogen-bond donors (Lipinski definition) is 2. The average Bonchev–Trinajstić information content (AvgIpc) is 2.01. The first-order valence-corrected chi connectivity index (χ1v) is 3.44. The van der Waals surface area contributed by atoms with Gasteiger partial charge in [0, 0.05) is 11.6 Å². The first-order chi connectivity index (χ1) is 6.43. The summed E-state index contributed by atoms with van der Waals surface area (Å²) in [5.74, 6) is -2.80. The number of amides is 1. The summed E-state index contributed by atoms with van der Waals surface area (Å²) in [6, 6.07) is 0.438. The van der Waals surface area contributed by atoms with E-state index in [0.29, 0.717) is 6.07 Å². The number of rotatable bonds is 2. The first-order valence-electron chi connectivity index (χ1n) is 3.44. The molecule has 1 amide bonds. The SMILES string of the molecule is NC(=O)c1c(C(F)F)cc(=O)[nH]c1F. The molecule has 0 aliphatic rings. The third-order valence-electron chi connectivity index (χ3n) is 1.51. The molecule has 4 nitrogen and oxygen atoms in total. The monoisotopic (exact) mass is 206 g/mol. The number of nitrogens with one attached hydrogen (secondary N) is 1. The number of carbonyl (C=O) groups excluding carboxylic acids is 1. The number of nitrogens with two attached hydrogens (primary N) is 1. The van der Waals surface area contributed by atoms with Crippen LogP contribution in [0.1, 0.15) is 22.3 Å². The first kappa shape index (κ1) is 10.3. The normalized spacial score (nSPS) is 10.6. The van der Waals surface area contributed by atoms with Crippen LogP contribution in [0.3, 0.4) is 0 Å². The van der Waals surface area contributed by atoms with Crippen molar-refractivity contribution in [2.75, 3.05) is 0 Å². The molecule has 1 aromatic rings. The standard InChI is InChI=1S/C7H5F3N2O2/c8-5(9)2-1-3(13)12-6(10)4(2)7(11)14/h1,5H,(H2,11,14)(H,12,13). The fraction of sp³-hybridized carbons (Fsp3) is 0.143. The molecule has 0 bridgehead atoms. The Bertz CT molecular complexity index is 427.